The van der Waals surface area contributed by atoms with Gasteiger partial charge in [0.15, 0.2) is 0 Å². The Morgan fingerprint density at radius 1 is 1.14 bits per heavy atom. The Morgan fingerprint density at radius 3 is 2.71 bits per heavy atom. The number of nitrogens with one attached hydrogen (secondary N) is 1. The number of hydrogen-bond acceptors (Lipinski definition) is 2. The zero-order chi connectivity index (χ0) is 15.2. The Hall–Kier alpha value is -0.740. The van der Waals surface area contributed by atoms with Gasteiger partial charge in [0.25, 0.3) is 0 Å². The summed E-state index contributed by atoms with van der Waals surface area (Å²) in [7, 11) is 0. The fraction of sp³-hybridized carbons (Fsp3) is 0.250. The van der Waals surface area contributed by atoms with Crippen molar-refractivity contribution in [2.75, 3.05) is 6.54 Å². The molecule has 0 radical (unpaired) electrons. The molecule has 0 spiro atoms. The van der Waals surface area contributed by atoms with E-state index in [-0.39, 0.29) is 0 Å². The van der Waals surface area contributed by atoms with Crippen molar-refractivity contribution in [3.63, 3.8) is 0 Å². The van der Waals surface area contributed by atoms with Crippen molar-refractivity contribution in [2.24, 2.45) is 0 Å². The van der Waals surface area contributed by atoms with Crippen molar-refractivity contribution in [3.05, 3.63) is 56.5 Å². The molecular formula is C16H16BrCl2NO. The number of hydrogen-bond donors (Lipinski definition) is 1. The van der Waals surface area contributed by atoms with Crippen LogP contribution in [0.5, 0.6) is 11.5 Å². The highest BCUT2D eigenvalue weighted by Crippen LogP contribution is 2.36. The molecule has 2 nitrogen and oxygen atoms in total. The maximum Gasteiger partial charge on any atom is 0.147 e. The van der Waals surface area contributed by atoms with E-state index >= 15 is 0 Å². The second-order valence-electron chi connectivity index (χ2n) is 4.58. The molecule has 0 heterocycles. The van der Waals surface area contributed by atoms with Crippen molar-refractivity contribution >= 4 is 39.1 Å². The lowest BCUT2D eigenvalue weighted by Crippen LogP contribution is -2.14. The lowest BCUT2D eigenvalue weighted by Gasteiger charge is -2.13. The Balaban J connectivity index is 2.25. The molecule has 0 fully saturated rings. The SMILES string of the molecule is CCCNCc1ccc(Br)cc1Oc1cccc(Cl)c1Cl. The molecule has 0 atom stereocenters. The van der Waals surface area contributed by atoms with Gasteiger partial charge in [-0.05, 0) is 37.2 Å². The standard InChI is InChI=1S/C16H16BrCl2NO/c1-2-8-20-10-11-6-7-12(17)9-15(11)21-14-5-3-4-13(18)16(14)19/h3-7,9,20H,2,8,10H2,1H3. The summed E-state index contributed by atoms with van der Waals surface area (Å²) in [5.74, 6) is 1.32. The molecule has 112 valence electrons. The molecule has 1 N–H and O–H groups in total. The molecular weight excluding hydrogens is 373 g/mol. The second kappa shape index (κ2) is 8.04. The Morgan fingerprint density at radius 2 is 1.95 bits per heavy atom. The lowest BCUT2D eigenvalue weighted by molar-refractivity contribution is 0.472. The van der Waals surface area contributed by atoms with Gasteiger partial charge in [0, 0.05) is 16.6 Å². The third kappa shape index (κ3) is 4.62. The van der Waals surface area contributed by atoms with Crippen LogP contribution in [0, 0.1) is 0 Å². The summed E-state index contributed by atoms with van der Waals surface area (Å²) in [5.41, 5.74) is 1.07. The quantitative estimate of drug-likeness (QED) is 0.608. The average molecular weight is 389 g/mol. The monoisotopic (exact) mass is 387 g/mol. The maximum absolute atomic E-state index is 6.18. The minimum atomic E-state index is 0.423. The van der Waals surface area contributed by atoms with Crippen molar-refractivity contribution < 1.29 is 4.74 Å². The van der Waals surface area contributed by atoms with Gasteiger partial charge < -0.3 is 10.1 Å². The van der Waals surface area contributed by atoms with Crippen LogP contribution in [0.2, 0.25) is 10.0 Å². The van der Waals surface area contributed by atoms with Crippen LogP contribution in [-0.4, -0.2) is 6.54 Å². The fourth-order valence-corrected chi connectivity index (χ4v) is 2.52. The number of halogens is 3. The van der Waals surface area contributed by atoms with E-state index in [2.05, 4.69) is 28.2 Å². The number of ether oxygens (including phenoxy) is 1. The highest BCUT2D eigenvalue weighted by molar-refractivity contribution is 9.10. The molecule has 0 saturated carbocycles. The second-order valence-corrected chi connectivity index (χ2v) is 6.28. The third-order valence-electron chi connectivity index (χ3n) is 2.91. The first kappa shape index (κ1) is 16.6. The van der Waals surface area contributed by atoms with Gasteiger partial charge in [0.2, 0.25) is 0 Å². The molecule has 2 aromatic rings. The zero-order valence-corrected chi connectivity index (χ0v) is 14.7. The Labute approximate surface area is 143 Å². The van der Waals surface area contributed by atoms with Gasteiger partial charge >= 0.3 is 0 Å². The van der Waals surface area contributed by atoms with E-state index in [0.717, 1.165) is 35.3 Å². The normalized spacial score (nSPS) is 10.7. The predicted molar refractivity (Wildman–Crippen MR) is 92.7 cm³/mol. The third-order valence-corrected chi connectivity index (χ3v) is 4.20. The molecule has 0 aliphatic heterocycles. The molecule has 2 aromatic carbocycles. The fourth-order valence-electron chi connectivity index (χ4n) is 1.85. The molecule has 0 saturated heterocycles. The summed E-state index contributed by atoms with van der Waals surface area (Å²) in [6.07, 6.45) is 1.09. The van der Waals surface area contributed by atoms with Crippen LogP contribution in [0.3, 0.4) is 0 Å². The summed E-state index contributed by atoms with van der Waals surface area (Å²) < 4.78 is 6.90. The molecule has 21 heavy (non-hydrogen) atoms. The summed E-state index contributed by atoms with van der Waals surface area (Å²) >= 11 is 15.7. The van der Waals surface area contributed by atoms with Crippen LogP contribution in [0.25, 0.3) is 0 Å². The van der Waals surface area contributed by atoms with E-state index < -0.39 is 0 Å². The van der Waals surface area contributed by atoms with Gasteiger partial charge in [0.1, 0.15) is 16.5 Å². The van der Waals surface area contributed by atoms with E-state index in [1.54, 1.807) is 12.1 Å². The summed E-state index contributed by atoms with van der Waals surface area (Å²) in [4.78, 5) is 0. The number of rotatable bonds is 6. The van der Waals surface area contributed by atoms with Gasteiger partial charge in [-0.25, -0.2) is 0 Å². The summed E-state index contributed by atoms with van der Waals surface area (Å²) in [6, 6.07) is 11.3. The average Bonchev–Trinajstić information content (AvgIpc) is 2.46. The minimum Gasteiger partial charge on any atom is -0.455 e. The van der Waals surface area contributed by atoms with Crippen molar-refractivity contribution in [1.29, 1.82) is 0 Å². The molecule has 2 rings (SSSR count). The Kier molecular flexibility index (Phi) is 6.37. The Bertz CT molecular complexity index is 619. The first-order valence-corrected chi connectivity index (χ1v) is 8.27. The van der Waals surface area contributed by atoms with E-state index in [9.17, 15) is 0 Å². The lowest BCUT2D eigenvalue weighted by atomic mass is 10.2. The van der Waals surface area contributed by atoms with Crippen molar-refractivity contribution in [1.82, 2.24) is 5.32 Å². The first-order chi connectivity index (χ1) is 10.1. The maximum atomic E-state index is 6.18. The van der Waals surface area contributed by atoms with Crippen LogP contribution in [0.15, 0.2) is 40.9 Å². The van der Waals surface area contributed by atoms with Gasteiger partial charge in [0.05, 0.1) is 5.02 Å². The van der Waals surface area contributed by atoms with Gasteiger partial charge in [-0.15, -0.1) is 0 Å². The van der Waals surface area contributed by atoms with Crippen LogP contribution in [0.1, 0.15) is 18.9 Å². The van der Waals surface area contributed by atoms with Gasteiger partial charge in [-0.2, -0.15) is 0 Å². The van der Waals surface area contributed by atoms with Crippen molar-refractivity contribution in [3.8, 4) is 11.5 Å². The topological polar surface area (TPSA) is 21.3 Å². The highest BCUT2D eigenvalue weighted by Gasteiger charge is 2.10. The smallest absolute Gasteiger partial charge is 0.147 e. The number of benzene rings is 2. The summed E-state index contributed by atoms with van der Waals surface area (Å²) in [5, 5.41) is 4.27. The highest BCUT2D eigenvalue weighted by atomic mass is 79.9. The molecule has 0 amide bonds. The van der Waals surface area contributed by atoms with Gasteiger partial charge in [-0.1, -0.05) is 58.2 Å². The molecule has 0 bridgehead atoms. The van der Waals surface area contributed by atoms with Crippen LogP contribution < -0.4 is 10.1 Å². The predicted octanol–water partition coefficient (Wildman–Crippen LogP) is 6.05. The molecule has 5 heteroatoms. The molecule has 0 aliphatic rings. The largest absolute Gasteiger partial charge is 0.455 e. The zero-order valence-electron chi connectivity index (χ0n) is 11.6. The minimum absolute atomic E-state index is 0.423. The van der Waals surface area contributed by atoms with E-state index in [1.807, 2.05) is 24.3 Å². The molecule has 0 aromatic heterocycles. The van der Waals surface area contributed by atoms with Crippen LogP contribution in [0.4, 0.5) is 0 Å². The van der Waals surface area contributed by atoms with E-state index in [4.69, 9.17) is 27.9 Å². The molecule has 0 unspecified atom stereocenters. The van der Waals surface area contributed by atoms with Crippen LogP contribution >= 0.6 is 39.1 Å². The summed E-state index contributed by atoms with van der Waals surface area (Å²) in [6.45, 7) is 3.85. The van der Waals surface area contributed by atoms with Gasteiger partial charge in [-0.3, -0.25) is 0 Å². The first-order valence-electron chi connectivity index (χ1n) is 6.73. The van der Waals surface area contributed by atoms with E-state index in [1.165, 1.54) is 0 Å². The van der Waals surface area contributed by atoms with E-state index in [0.29, 0.717) is 15.8 Å². The molecule has 0 aliphatic carbocycles. The van der Waals surface area contributed by atoms with Crippen molar-refractivity contribution in [2.45, 2.75) is 19.9 Å². The van der Waals surface area contributed by atoms with Crippen LogP contribution in [-0.2, 0) is 6.54 Å².